The molecule has 0 aliphatic rings. The number of anilines is 1. The molecule has 0 atom stereocenters. The number of carbonyl (C=O) groups is 1. The van der Waals surface area contributed by atoms with E-state index < -0.39 is 28.4 Å². The maximum absolute atomic E-state index is 13.1. The molecule has 0 bridgehead atoms. The van der Waals surface area contributed by atoms with E-state index in [0.29, 0.717) is 4.47 Å². The van der Waals surface area contributed by atoms with Gasteiger partial charge in [-0.15, -0.1) is 0 Å². The lowest BCUT2D eigenvalue weighted by Gasteiger charge is -2.08. The fourth-order valence-electron chi connectivity index (χ4n) is 1.49. The van der Waals surface area contributed by atoms with Gasteiger partial charge in [-0.05, 0) is 34.1 Å². The number of carboxylic acid groups (broad SMARTS) is 1. The molecule has 0 saturated heterocycles. The SMILES string of the molecule is O=C(O)Cn1cc(S(=O)(=O)Nc2cc(F)ccc2Br)cn1. The van der Waals surface area contributed by atoms with Crippen molar-refractivity contribution in [2.24, 2.45) is 0 Å². The fourth-order valence-corrected chi connectivity index (χ4v) is 2.99. The first-order chi connectivity index (χ1) is 9.78. The molecular formula is C11H9BrFN3O4S. The molecule has 0 aliphatic heterocycles. The van der Waals surface area contributed by atoms with E-state index in [1.165, 1.54) is 12.1 Å². The van der Waals surface area contributed by atoms with E-state index in [2.05, 4.69) is 25.8 Å². The average molecular weight is 378 g/mol. The quantitative estimate of drug-likeness (QED) is 0.824. The van der Waals surface area contributed by atoms with Crippen LogP contribution in [-0.4, -0.2) is 29.3 Å². The number of aromatic nitrogens is 2. The number of halogens is 2. The van der Waals surface area contributed by atoms with Crippen molar-refractivity contribution in [2.75, 3.05) is 4.72 Å². The number of carboxylic acids is 1. The van der Waals surface area contributed by atoms with Crippen LogP contribution in [0.1, 0.15) is 0 Å². The van der Waals surface area contributed by atoms with Crippen LogP contribution in [0.5, 0.6) is 0 Å². The fraction of sp³-hybridized carbons (Fsp3) is 0.0909. The Labute approximate surface area is 127 Å². The van der Waals surface area contributed by atoms with E-state index in [1.807, 2.05) is 0 Å². The van der Waals surface area contributed by atoms with Gasteiger partial charge in [-0.1, -0.05) is 0 Å². The Balaban J connectivity index is 2.28. The summed E-state index contributed by atoms with van der Waals surface area (Å²) in [5.41, 5.74) is 0.0287. The third-order valence-corrected chi connectivity index (χ3v) is 4.40. The van der Waals surface area contributed by atoms with Crippen molar-refractivity contribution in [2.45, 2.75) is 11.4 Å². The molecule has 2 aromatic rings. The molecule has 0 radical (unpaired) electrons. The Hall–Kier alpha value is -1.94. The molecule has 0 spiro atoms. The number of sulfonamides is 1. The van der Waals surface area contributed by atoms with E-state index in [-0.39, 0.29) is 10.6 Å². The van der Waals surface area contributed by atoms with Crippen LogP contribution in [0.15, 0.2) is 40.0 Å². The lowest BCUT2D eigenvalue weighted by Crippen LogP contribution is -2.13. The van der Waals surface area contributed by atoms with E-state index in [9.17, 15) is 17.6 Å². The second kappa shape index (κ2) is 5.82. The van der Waals surface area contributed by atoms with Crippen molar-refractivity contribution in [3.8, 4) is 0 Å². The Morgan fingerprint density at radius 2 is 2.19 bits per heavy atom. The minimum atomic E-state index is -3.99. The van der Waals surface area contributed by atoms with Gasteiger partial charge < -0.3 is 5.11 Å². The second-order valence-electron chi connectivity index (χ2n) is 4.00. The van der Waals surface area contributed by atoms with Crippen LogP contribution < -0.4 is 4.72 Å². The summed E-state index contributed by atoms with van der Waals surface area (Å²) in [6, 6.07) is 3.55. The lowest BCUT2D eigenvalue weighted by molar-refractivity contribution is -0.137. The van der Waals surface area contributed by atoms with Gasteiger partial charge in [0.05, 0.1) is 11.9 Å². The molecule has 1 aromatic heterocycles. The number of nitrogens with zero attached hydrogens (tertiary/aromatic N) is 2. The highest BCUT2D eigenvalue weighted by Crippen LogP contribution is 2.25. The van der Waals surface area contributed by atoms with Crippen LogP contribution in [0.25, 0.3) is 0 Å². The molecule has 0 amide bonds. The first kappa shape index (κ1) is 15.4. The van der Waals surface area contributed by atoms with Crippen LogP contribution >= 0.6 is 15.9 Å². The molecule has 21 heavy (non-hydrogen) atoms. The molecule has 0 aliphatic carbocycles. The van der Waals surface area contributed by atoms with Crippen molar-refractivity contribution < 1.29 is 22.7 Å². The zero-order valence-electron chi connectivity index (χ0n) is 10.3. The molecule has 2 rings (SSSR count). The molecule has 7 nitrogen and oxygen atoms in total. The topological polar surface area (TPSA) is 101 Å². The summed E-state index contributed by atoms with van der Waals surface area (Å²) in [5, 5.41) is 12.2. The van der Waals surface area contributed by atoms with Crippen LogP contribution in [-0.2, 0) is 21.4 Å². The molecule has 1 heterocycles. The van der Waals surface area contributed by atoms with E-state index in [0.717, 1.165) is 23.1 Å². The van der Waals surface area contributed by atoms with Crippen molar-refractivity contribution in [3.63, 3.8) is 0 Å². The molecule has 2 N–H and O–H groups in total. The number of aliphatic carboxylic acids is 1. The summed E-state index contributed by atoms with van der Waals surface area (Å²) in [4.78, 5) is 10.3. The Morgan fingerprint density at radius 3 is 2.86 bits per heavy atom. The molecule has 1 aromatic carbocycles. The van der Waals surface area contributed by atoms with Crippen molar-refractivity contribution in [1.29, 1.82) is 0 Å². The van der Waals surface area contributed by atoms with Crippen LogP contribution in [0.2, 0.25) is 0 Å². The van der Waals surface area contributed by atoms with E-state index in [1.54, 1.807) is 0 Å². The van der Waals surface area contributed by atoms with Gasteiger partial charge >= 0.3 is 5.97 Å². The summed E-state index contributed by atoms with van der Waals surface area (Å²) in [6.45, 7) is -0.459. The van der Waals surface area contributed by atoms with Gasteiger partial charge in [0.1, 0.15) is 17.3 Å². The third-order valence-electron chi connectivity index (χ3n) is 2.39. The highest BCUT2D eigenvalue weighted by atomic mass is 79.9. The first-order valence-electron chi connectivity index (χ1n) is 5.50. The van der Waals surface area contributed by atoms with Gasteiger partial charge in [-0.25, -0.2) is 12.8 Å². The van der Waals surface area contributed by atoms with Gasteiger partial charge in [0.2, 0.25) is 0 Å². The monoisotopic (exact) mass is 377 g/mol. The zero-order valence-corrected chi connectivity index (χ0v) is 12.7. The number of nitrogens with one attached hydrogen (secondary N) is 1. The Morgan fingerprint density at radius 1 is 1.48 bits per heavy atom. The standard InChI is InChI=1S/C11H9BrFN3O4S/c12-9-2-1-7(13)3-10(9)15-21(19,20)8-4-14-16(5-8)6-11(17)18/h1-5,15H,6H2,(H,17,18). The average Bonchev–Trinajstić information content (AvgIpc) is 2.82. The van der Waals surface area contributed by atoms with Gasteiger partial charge in [0.25, 0.3) is 10.0 Å². The Bertz CT molecular complexity index is 791. The van der Waals surface area contributed by atoms with Crippen LogP contribution in [0, 0.1) is 5.82 Å². The highest BCUT2D eigenvalue weighted by Gasteiger charge is 2.18. The van der Waals surface area contributed by atoms with Crippen molar-refractivity contribution in [3.05, 3.63) is 40.9 Å². The number of rotatable bonds is 5. The number of hydrogen-bond acceptors (Lipinski definition) is 4. The maximum atomic E-state index is 13.1. The molecule has 112 valence electrons. The molecule has 0 saturated carbocycles. The largest absolute Gasteiger partial charge is 0.480 e. The number of benzene rings is 1. The third kappa shape index (κ3) is 3.79. The summed E-state index contributed by atoms with van der Waals surface area (Å²) < 4.78 is 40.9. The predicted molar refractivity (Wildman–Crippen MR) is 74.8 cm³/mol. The second-order valence-corrected chi connectivity index (χ2v) is 6.53. The summed E-state index contributed by atoms with van der Waals surface area (Å²) in [7, 11) is -3.99. The molecular weight excluding hydrogens is 369 g/mol. The minimum Gasteiger partial charge on any atom is -0.480 e. The van der Waals surface area contributed by atoms with Gasteiger partial charge in [-0.2, -0.15) is 5.10 Å². The predicted octanol–water partition coefficient (Wildman–Crippen LogP) is 1.67. The molecule has 0 unspecified atom stereocenters. The maximum Gasteiger partial charge on any atom is 0.325 e. The van der Waals surface area contributed by atoms with Crippen LogP contribution in [0.4, 0.5) is 10.1 Å². The highest BCUT2D eigenvalue weighted by molar-refractivity contribution is 9.10. The smallest absolute Gasteiger partial charge is 0.325 e. The zero-order chi connectivity index (χ0) is 15.6. The number of hydrogen-bond donors (Lipinski definition) is 2. The summed E-state index contributed by atoms with van der Waals surface area (Å²) in [5.74, 6) is -1.75. The van der Waals surface area contributed by atoms with Gasteiger partial charge in [-0.3, -0.25) is 14.2 Å². The van der Waals surface area contributed by atoms with E-state index in [4.69, 9.17) is 5.11 Å². The van der Waals surface area contributed by atoms with Crippen molar-refractivity contribution >= 4 is 37.6 Å². The van der Waals surface area contributed by atoms with Crippen LogP contribution in [0.3, 0.4) is 0 Å². The minimum absolute atomic E-state index is 0.0287. The van der Waals surface area contributed by atoms with Gasteiger partial charge in [0.15, 0.2) is 0 Å². The molecule has 0 fully saturated rings. The molecule has 10 heteroatoms. The lowest BCUT2D eigenvalue weighted by atomic mass is 10.3. The summed E-state index contributed by atoms with van der Waals surface area (Å²) >= 11 is 3.10. The van der Waals surface area contributed by atoms with E-state index >= 15 is 0 Å². The Kier molecular flexibility index (Phi) is 4.28. The van der Waals surface area contributed by atoms with Gasteiger partial charge in [0, 0.05) is 10.7 Å². The van der Waals surface area contributed by atoms with Crippen molar-refractivity contribution in [1.82, 2.24) is 9.78 Å². The summed E-state index contributed by atoms with van der Waals surface area (Å²) in [6.07, 6.45) is 2.09. The first-order valence-corrected chi connectivity index (χ1v) is 7.78. The normalized spacial score (nSPS) is 11.3.